The summed E-state index contributed by atoms with van der Waals surface area (Å²) in [6.07, 6.45) is 9.16. The molecule has 1 fully saturated rings. The van der Waals surface area contributed by atoms with Crippen molar-refractivity contribution >= 4 is 28.8 Å². The predicted molar refractivity (Wildman–Crippen MR) is 86.2 cm³/mol. The normalized spacial score (nSPS) is 22.8. The maximum atomic E-state index is 13.4. The lowest BCUT2D eigenvalue weighted by atomic mass is 9.98. The summed E-state index contributed by atoms with van der Waals surface area (Å²) in [7, 11) is 0. The van der Waals surface area contributed by atoms with E-state index in [4.69, 9.17) is 27.9 Å². The molecule has 1 atom stereocenters. The summed E-state index contributed by atoms with van der Waals surface area (Å²) < 4.78 is 18.8. The number of rotatable bonds is 3. The minimum absolute atomic E-state index is 0.368. The second-order valence-corrected chi connectivity index (χ2v) is 6.36. The molecule has 1 unspecified atom stereocenters. The minimum Gasteiger partial charge on any atom is -0.381 e. The second kappa shape index (κ2) is 6.99. The highest BCUT2D eigenvalue weighted by Crippen LogP contribution is 2.34. The number of halogens is 3. The largest absolute Gasteiger partial charge is 0.381 e. The number of aromatic nitrogens is 1. The molecule has 0 N–H and O–H groups in total. The number of nitrogens with zero attached hydrogens (tertiary/aromatic N) is 2. The van der Waals surface area contributed by atoms with Crippen LogP contribution < -0.4 is 0 Å². The number of alkyl halides is 1. The molecule has 3 rings (SSSR count). The maximum Gasteiger partial charge on any atom is 0.213 e. The average molecular weight is 343 g/mol. The van der Waals surface area contributed by atoms with Crippen molar-refractivity contribution in [3.8, 4) is 0 Å². The number of hydrogen-bond acceptors (Lipinski definition) is 3. The fraction of sp³-hybridized carbons (Fsp3) is 0.438. The van der Waals surface area contributed by atoms with E-state index >= 15 is 0 Å². The van der Waals surface area contributed by atoms with E-state index in [2.05, 4.69) is 9.88 Å². The Hall–Kier alpha value is -1.10. The number of pyridine rings is 1. The van der Waals surface area contributed by atoms with Crippen LogP contribution in [0.4, 0.5) is 4.39 Å². The lowest BCUT2D eigenvalue weighted by Crippen LogP contribution is -2.35. The first-order valence-corrected chi connectivity index (χ1v) is 8.14. The molecule has 6 heteroatoms. The van der Waals surface area contributed by atoms with E-state index in [1.807, 2.05) is 18.4 Å². The van der Waals surface area contributed by atoms with Gasteiger partial charge in [0.15, 0.2) is 0 Å². The fourth-order valence-corrected chi connectivity index (χ4v) is 3.37. The van der Waals surface area contributed by atoms with Crippen molar-refractivity contribution in [3.05, 3.63) is 47.1 Å². The zero-order valence-corrected chi connectivity index (χ0v) is 13.5. The van der Waals surface area contributed by atoms with E-state index in [0.717, 1.165) is 38.2 Å². The summed E-state index contributed by atoms with van der Waals surface area (Å²) in [4.78, 5) is 5.63. The van der Waals surface area contributed by atoms with Crippen LogP contribution in [0, 0.1) is 11.9 Å². The zero-order chi connectivity index (χ0) is 15.5. The van der Waals surface area contributed by atoms with Gasteiger partial charge < -0.3 is 9.64 Å². The van der Waals surface area contributed by atoms with Crippen LogP contribution in [0.2, 0.25) is 5.02 Å². The number of allylic oxidation sites excluding steroid dienone is 2. The summed E-state index contributed by atoms with van der Waals surface area (Å²) in [5.74, 6) is -0.00153. The fourth-order valence-electron chi connectivity index (χ4n) is 2.82. The van der Waals surface area contributed by atoms with Crippen LogP contribution in [0.5, 0.6) is 0 Å². The lowest BCUT2D eigenvalue weighted by Gasteiger charge is -2.34. The van der Waals surface area contributed by atoms with E-state index in [9.17, 15) is 4.39 Å². The maximum absolute atomic E-state index is 13.4. The second-order valence-electron chi connectivity index (χ2n) is 5.54. The molecule has 0 amide bonds. The first-order chi connectivity index (χ1) is 10.6. The quantitative estimate of drug-likeness (QED) is 0.470. The molecule has 118 valence electrons. The molecule has 0 spiro atoms. The minimum atomic E-state index is -0.560. The first-order valence-electron chi connectivity index (χ1n) is 7.32. The number of ether oxygens (including phenoxy) is 1. The molecule has 0 aliphatic carbocycles. The third-order valence-electron chi connectivity index (χ3n) is 4.04. The SMILES string of the molecule is Fc1cc(C2=CC=CN(CC3CCOCC3)C2Cl)c(Cl)cn1. The van der Waals surface area contributed by atoms with E-state index in [1.54, 1.807) is 0 Å². The molecule has 1 saturated heterocycles. The Morgan fingerprint density at radius 1 is 1.36 bits per heavy atom. The Kier molecular flexibility index (Phi) is 5.01. The van der Waals surface area contributed by atoms with E-state index < -0.39 is 5.95 Å². The summed E-state index contributed by atoms with van der Waals surface area (Å²) in [5, 5.41) is 0.402. The van der Waals surface area contributed by atoms with Gasteiger partial charge in [0.25, 0.3) is 0 Å². The summed E-state index contributed by atoms with van der Waals surface area (Å²) in [6.45, 7) is 2.47. The van der Waals surface area contributed by atoms with Crippen LogP contribution in [-0.2, 0) is 4.74 Å². The Morgan fingerprint density at radius 3 is 2.91 bits per heavy atom. The van der Waals surface area contributed by atoms with Gasteiger partial charge in [0.1, 0.15) is 5.50 Å². The standard InChI is InChI=1S/C16H17Cl2FN2O/c17-14-9-20-15(19)8-13(14)12-2-1-5-21(16(12)18)10-11-3-6-22-7-4-11/h1-2,5,8-9,11,16H,3-4,6-7,10H2. The molecule has 1 aromatic heterocycles. The third-order valence-corrected chi connectivity index (χ3v) is 4.83. The van der Waals surface area contributed by atoms with Crippen molar-refractivity contribution in [1.82, 2.24) is 9.88 Å². The van der Waals surface area contributed by atoms with Gasteiger partial charge in [-0.3, -0.25) is 0 Å². The predicted octanol–water partition coefficient (Wildman–Crippen LogP) is 4.08. The zero-order valence-electron chi connectivity index (χ0n) is 12.0. The molecule has 0 saturated carbocycles. The molecule has 1 aromatic rings. The highest BCUT2D eigenvalue weighted by atomic mass is 35.5. The Balaban J connectivity index is 1.77. The molecule has 2 aliphatic rings. The molecule has 3 nitrogen and oxygen atoms in total. The van der Waals surface area contributed by atoms with Gasteiger partial charge in [-0.25, -0.2) is 4.98 Å². The van der Waals surface area contributed by atoms with E-state index in [0.29, 0.717) is 16.5 Å². The van der Waals surface area contributed by atoms with Crippen LogP contribution in [0.25, 0.3) is 5.57 Å². The van der Waals surface area contributed by atoms with Crippen LogP contribution in [0.1, 0.15) is 18.4 Å². The van der Waals surface area contributed by atoms with Crippen LogP contribution in [0.3, 0.4) is 0 Å². The lowest BCUT2D eigenvalue weighted by molar-refractivity contribution is 0.0579. The Morgan fingerprint density at radius 2 is 2.14 bits per heavy atom. The van der Waals surface area contributed by atoms with Crippen LogP contribution in [-0.4, -0.2) is 35.1 Å². The average Bonchev–Trinajstić information content (AvgIpc) is 2.53. The van der Waals surface area contributed by atoms with Crippen LogP contribution in [0.15, 0.2) is 30.6 Å². The molecule has 0 aromatic carbocycles. The molecular formula is C16H17Cl2FN2O. The molecule has 0 radical (unpaired) electrons. The highest BCUT2D eigenvalue weighted by molar-refractivity contribution is 6.33. The van der Waals surface area contributed by atoms with Gasteiger partial charge >= 0.3 is 0 Å². The van der Waals surface area contributed by atoms with E-state index in [1.165, 1.54) is 12.3 Å². The monoisotopic (exact) mass is 342 g/mol. The third kappa shape index (κ3) is 3.45. The van der Waals surface area contributed by atoms with Gasteiger partial charge in [-0.15, -0.1) is 0 Å². The van der Waals surface area contributed by atoms with Crippen LogP contribution >= 0.6 is 23.2 Å². The van der Waals surface area contributed by atoms with Crippen molar-refractivity contribution in [2.45, 2.75) is 18.3 Å². The molecular weight excluding hydrogens is 326 g/mol. The molecule has 22 heavy (non-hydrogen) atoms. The Labute approximate surface area is 139 Å². The van der Waals surface area contributed by atoms with Gasteiger partial charge in [0.05, 0.1) is 5.02 Å². The number of hydrogen-bond donors (Lipinski definition) is 0. The van der Waals surface area contributed by atoms with Crippen molar-refractivity contribution in [1.29, 1.82) is 0 Å². The smallest absolute Gasteiger partial charge is 0.213 e. The summed E-state index contributed by atoms with van der Waals surface area (Å²) >= 11 is 12.7. The highest BCUT2D eigenvalue weighted by Gasteiger charge is 2.26. The van der Waals surface area contributed by atoms with Crippen molar-refractivity contribution < 1.29 is 9.13 Å². The van der Waals surface area contributed by atoms with Gasteiger partial charge in [-0.1, -0.05) is 29.3 Å². The van der Waals surface area contributed by atoms with Crippen molar-refractivity contribution in [2.75, 3.05) is 19.8 Å². The van der Waals surface area contributed by atoms with Gasteiger partial charge in [-0.2, -0.15) is 4.39 Å². The van der Waals surface area contributed by atoms with Crippen molar-refractivity contribution in [2.24, 2.45) is 5.92 Å². The van der Waals surface area contributed by atoms with E-state index in [-0.39, 0.29) is 5.50 Å². The van der Waals surface area contributed by atoms with Gasteiger partial charge in [0, 0.05) is 43.8 Å². The Bertz CT molecular complexity index is 600. The van der Waals surface area contributed by atoms with Gasteiger partial charge in [-0.05, 0) is 30.4 Å². The first kappa shape index (κ1) is 15.8. The van der Waals surface area contributed by atoms with Gasteiger partial charge in [0.2, 0.25) is 5.95 Å². The topological polar surface area (TPSA) is 25.4 Å². The summed E-state index contributed by atoms with van der Waals surface area (Å²) in [5.41, 5.74) is 1.02. The molecule has 2 aliphatic heterocycles. The molecule has 3 heterocycles. The van der Waals surface area contributed by atoms with Crippen molar-refractivity contribution in [3.63, 3.8) is 0 Å². The molecule has 0 bridgehead atoms. The summed E-state index contributed by atoms with van der Waals surface area (Å²) in [6, 6.07) is 1.33.